The molecule has 12 heteroatoms. The van der Waals surface area contributed by atoms with E-state index in [9.17, 15) is 22.8 Å². The number of ether oxygens (including phenoxy) is 1. The molecule has 0 unspecified atom stereocenters. The smallest absolute Gasteiger partial charge is 0.410 e. The highest BCUT2D eigenvalue weighted by Gasteiger charge is 2.32. The lowest BCUT2D eigenvalue weighted by Gasteiger charge is -2.27. The van der Waals surface area contributed by atoms with Gasteiger partial charge in [0.05, 0.1) is 23.6 Å². The van der Waals surface area contributed by atoms with E-state index in [0.717, 1.165) is 10.4 Å². The predicted molar refractivity (Wildman–Crippen MR) is 147 cm³/mol. The quantitative estimate of drug-likeness (QED) is 0.466. The number of fused-ring (bicyclic) bond motifs is 1. The molecular formula is C26H36N4O6S2. The van der Waals surface area contributed by atoms with Crippen molar-refractivity contribution in [2.24, 2.45) is 0 Å². The van der Waals surface area contributed by atoms with Crippen molar-refractivity contribution < 1.29 is 27.5 Å². The first-order valence-electron chi connectivity index (χ1n) is 12.9. The lowest BCUT2D eigenvalue weighted by atomic mass is 10.0. The Kier molecular flexibility index (Phi) is 9.91. The van der Waals surface area contributed by atoms with E-state index in [1.807, 2.05) is 13.8 Å². The molecule has 0 saturated carbocycles. The van der Waals surface area contributed by atoms with Gasteiger partial charge >= 0.3 is 6.09 Å². The Bertz CT molecular complexity index is 1270. The third kappa shape index (κ3) is 6.02. The highest BCUT2D eigenvalue weighted by Crippen LogP contribution is 2.38. The number of rotatable bonds is 10. The number of carbonyl (C=O) groups is 3. The maximum atomic E-state index is 13.5. The topological polar surface area (TPSA) is 116 Å². The molecule has 0 fully saturated rings. The number of carbonyl (C=O) groups excluding carboxylic acids is 3. The summed E-state index contributed by atoms with van der Waals surface area (Å²) in [6.45, 7) is 11.8. The second kappa shape index (κ2) is 12.7. The fourth-order valence-electron chi connectivity index (χ4n) is 4.42. The van der Waals surface area contributed by atoms with Crippen LogP contribution in [-0.4, -0.2) is 79.8 Å². The molecule has 2 heterocycles. The van der Waals surface area contributed by atoms with Gasteiger partial charge in [-0.3, -0.25) is 9.59 Å². The molecule has 0 radical (unpaired) electrons. The third-order valence-electron chi connectivity index (χ3n) is 6.53. The summed E-state index contributed by atoms with van der Waals surface area (Å²) in [5.74, 6) is -0.626. The van der Waals surface area contributed by atoms with Gasteiger partial charge < -0.3 is 19.9 Å². The minimum absolute atomic E-state index is 0.112. The summed E-state index contributed by atoms with van der Waals surface area (Å²) in [6, 6.07) is 5.77. The summed E-state index contributed by atoms with van der Waals surface area (Å²) in [5.41, 5.74) is 1.55. The summed E-state index contributed by atoms with van der Waals surface area (Å²) < 4.78 is 32.1. The van der Waals surface area contributed by atoms with Crippen LogP contribution in [-0.2, 0) is 27.7 Å². The first-order chi connectivity index (χ1) is 18.1. The van der Waals surface area contributed by atoms with Crippen molar-refractivity contribution in [3.05, 3.63) is 45.8 Å². The molecule has 1 aromatic heterocycles. The van der Waals surface area contributed by atoms with Crippen molar-refractivity contribution in [1.82, 2.24) is 14.1 Å². The van der Waals surface area contributed by atoms with E-state index >= 15 is 0 Å². The van der Waals surface area contributed by atoms with Crippen LogP contribution < -0.4 is 5.32 Å². The fourth-order valence-corrected chi connectivity index (χ4v) is 7.13. The van der Waals surface area contributed by atoms with E-state index in [4.69, 9.17) is 4.74 Å². The van der Waals surface area contributed by atoms with Gasteiger partial charge in [-0.05, 0) is 57.0 Å². The van der Waals surface area contributed by atoms with Gasteiger partial charge in [0.2, 0.25) is 10.0 Å². The number of anilines is 1. The molecule has 3 rings (SSSR count). The largest absolute Gasteiger partial charge is 0.450 e. The lowest BCUT2D eigenvalue weighted by Crippen LogP contribution is -2.37. The molecule has 38 heavy (non-hydrogen) atoms. The molecule has 208 valence electrons. The van der Waals surface area contributed by atoms with Crippen LogP contribution in [0.2, 0.25) is 0 Å². The first-order valence-corrected chi connectivity index (χ1v) is 15.1. The molecule has 0 aliphatic carbocycles. The zero-order chi connectivity index (χ0) is 28.0. The Labute approximate surface area is 228 Å². The molecule has 1 N–H and O–H groups in total. The van der Waals surface area contributed by atoms with E-state index in [2.05, 4.69) is 5.32 Å². The summed E-state index contributed by atoms with van der Waals surface area (Å²) >= 11 is 1.28. The molecule has 1 aromatic carbocycles. The van der Waals surface area contributed by atoms with Gasteiger partial charge in [-0.1, -0.05) is 13.8 Å². The number of benzene rings is 1. The predicted octanol–water partition coefficient (Wildman–Crippen LogP) is 4.03. The van der Waals surface area contributed by atoms with E-state index in [1.54, 1.807) is 30.6 Å². The van der Waals surface area contributed by atoms with Crippen molar-refractivity contribution >= 4 is 44.3 Å². The molecule has 0 bridgehead atoms. The van der Waals surface area contributed by atoms with Gasteiger partial charge in [0.15, 0.2) is 0 Å². The highest BCUT2D eigenvalue weighted by atomic mass is 32.2. The molecule has 3 amide bonds. The van der Waals surface area contributed by atoms with E-state index in [0.29, 0.717) is 56.3 Å². The minimum atomic E-state index is -3.64. The van der Waals surface area contributed by atoms with Crippen molar-refractivity contribution in [1.29, 1.82) is 0 Å². The van der Waals surface area contributed by atoms with Gasteiger partial charge in [0.25, 0.3) is 11.8 Å². The minimum Gasteiger partial charge on any atom is -0.450 e. The number of hydrogen-bond acceptors (Lipinski definition) is 7. The maximum Gasteiger partial charge on any atom is 0.410 e. The van der Waals surface area contributed by atoms with Gasteiger partial charge in [-0.25, -0.2) is 13.2 Å². The molecule has 1 aliphatic rings. The Morgan fingerprint density at radius 2 is 1.63 bits per heavy atom. The van der Waals surface area contributed by atoms with Crippen LogP contribution >= 0.6 is 11.3 Å². The number of amides is 3. The Morgan fingerprint density at radius 3 is 2.18 bits per heavy atom. The third-order valence-corrected chi connectivity index (χ3v) is 9.73. The molecule has 2 aromatic rings. The second-order valence-electron chi connectivity index (χ2n) is 8.62. The number of hydrogen-bond donors (Lipinski definition) is 1. The first kappa shape index (κ1) is 29.6. The maximum absolute atomic E-state index is 13.5. The van der Waals surface area contributed by atoms with Crippen molar-refractivity contribution in [2.75, 3.05) is 44.6 Å². The van der Waals surface area contributed by atoms with Gasteiger partial charge in [-0.2, -0.15) is 4.31 Å². The molecule has 10 nitrogen and oxygen atoms in total. The standard InChI is InChI=1S/C26H36N4O6S2/c1-6-28(7-2)25(32)22-20-15-16-29(26(33)36-10-5)17-21(20)37-24(22)27-23(31)18-11-13-19(14-12-18)38(34,35)30(8-3)9-4/h11-14H,6-10,15-17H2,1-5H3,(H,27,31). The van der Waals surface area contributed by atoms with Crippen LogP contribution in [0.1, 0.15) is 65.8 Å². The van der Waals surface area contributed by atoms with Crippen molar-refractivity contribution in [3.8, 4) is 0 Å². The van der Waals surface area contributed by atoms with E-state index in [1.165, 1.54) is 39.9 Å². The SMILES string of the molecule is CCOC(=O)N1CCc2c(sc(NC(=O)c3ccc(S(=O)(=O)N(CC)CC)cc3)c2C(=O)N(CC)CC)C1. The van der Waals surface area contributed by atoms with Crippen molar-refractivity contribution in [2.45, 2.75) is 52.5 Å². The number of nitrogens with one attached hydrogen (secondary N) is 1. The Morgan fingerprint density at radius 1 is 1.00 bits per heavy atom. The second-order valence-corrected chi connectivity index (χ2v) is 11.7. The molecule has 0 spiro atoms. The fraction of sp³-hybridized carbons (Fsp3) is 0.500. The molecule has 0 saturated heterocycles. The normalized spacial score (nSPS) is 13.3. The zero-order valence-corrected chi connectivity index (χ0v) is 24.2. The van der Waals surface area contributed by atoms with Gasteiger partial charge in [0.1, 0.15) is 5.00 Å². The summed E-state index contributed by atoms with van der Waals surface area (Å²) in [6.07, 6.45) is 0.0642. The number of nitrogens with zero attached hydrogens (tertiary/aromatic N) is 3. The van der Waals surface area contributed by atoms with Crippen LogP contribution in [0.3, 0.4) is 0 Å². The average molecular weight is 565 g/mol. The van der Waals surface area contributed by atoms with Gasteiger partial charge in [-0.15, -0.1) is 11.3 Å². The summed E-state index contributed by atoms with van der Waals surface area (Å²) in [5, 5.41) is 3.30. The summed E-state index contributed by atoms with van der Waals surface area (Å²) in [4.78, 5) is 43.2. The Hall–Kier alpha value is -2.96. The summed E-state index contributed by atoms with van der Waals surface area (Å²) in [7, 11) is -3.64. The highest BCUT2D eigenvalue weighted by molar-refractivity contribution is 7.89. The number of sulfonamides is 1. The van der Waals surface area contributed by atoms with Crippen molar-refractivity contribution in [3.63, 3.8) is 0 Å². The Balaban J connectivity index is 1.92. The monoisotopic (exact) mass is 564 g/mol. The molecule has 0 atom stereocenters. The van der Waals surface area contributed by atoms with E-state index in [-0.39, 0.29) is 23.0 Å². The molecule has 1 aliphatic heterocycles. The zero-order valence-electron chi connectivity index (χ0n) is 22.6. The van der Waals surface area contributed by atoms with Crippen LogP contribution in [0.5, 0.6) is 0 Å². The average Bonchev–Trinajstić information content (AvgIpc) is 3.26. The van der Waals surface area contributed by atoms with Gasteiger partial charge in [0, 0.05) is 43.2 Å². The van der Waals surface area contributed by atoms with E-state index < -0.39 is 22.0 Å². The lowest BCUT2D eigenvalue weighted by molar-refractivity contribution is 0.0772. The van der Waals surface area contributed by atoms with Crippen LogP contribution in [0, 0.1) is 0 Å². The van der Waals surface area contributed by atoms with Crippen LogP contribution in [0.25, 0.3) is 0 Å². The van der Waals surface area contributed by atoms with Crippen LogP contribution in [0.4, 0.5) is 9.80 Å². The van der Waals surface area contributed by atoms with Crippen LogP contribution in [0.15, 0.2) is 29.2 Å². The number of thiophene rings is 1. The molecular weight excluding hydrogens is 528 g/mol.